The van der Waals surface area contributed by atoms with Crippen LogP contribution in [0.1, 0.15) is 37.8 Å². The van der Waals surface area contributed by atoms with Gasteiger partial charge in [-0.2, -0.15) is 0 Å². The van der Waals surface area contributed by atoms with Gasteiger partial charge in [0.05, 0.1) is 12.0 Å². The van der Waals surface area contributed by atoms with Crippen molar-refractivity contribution in [3.8, 4) is 5.75 Å². The van der Waals surface area contributed by atoms with Gasteiger partial charge in [0.2, 0.25) is 5.91 Å². The predicted octanol–water partition coefficient (Wildman–Crippen LogP) is 1.55. The van der Waals surface area contributed by atoms with Crippen LogP contribution in [0.15, 0.2) is 24.3 Å². The van der Waals surface area contributed by atoms with E-state index in [1.54, 1.807) is 0 Å². The van der Waals surface area contributed by atoms with Gasteiger partial charge in [0.1, 0.15) is 5.75 Å². The Balaban J connectivity index is 0.00000225. The Kier molecular flexibility index (Phi) is 7.08. The molecule has 0 aromatic heterocycles. The first-order chi connectivity index (χ1) is 11.6. The Hall–Kier alpha value is -1.79. The van der Waals surface area contributed by atoms with Crippen LogP contribution in [0.4, 0.5) is 0 Å². The predicted molar refractivity (Wildman–Crippen MR) is 97.9 cm³/mol. The minimum atomic E-state index is -0.0765. The summed E-state index contributed by atoms with van der Waals surface area (Å²) < 4.78 is 5.49. The summed E-state index contributed by atoms with van der Waals surface area (Å²) >= 11 is 0. The Morgan fingerprint density at radius 2 is 1.96 bits per heavy atom. The van der Waals surface area contributed by atoms with E-state index in [0.29, 0.717) is 11.8 Å². The molecule has 0 radical (unpaired) electrons. The summed E-state index contributed by atoms with van der Waals surface area (Å²) in [7, 11) is 0. The smallest absolute Gasteiger partial charge is 0.258 e. The van der Waals surface area contributed by atoms with Crippen molar-refractivity contribution < 1.29 is 14.3 Å². The average Bonchev–Trinajstić information content (AvgIpc) is 3.22. The Morgan fingerprint density at radius 1 is 1.24 bits per heavy atom. The van der Waals surface area contributed by atoms with Crippen LogP contribution in [0.2, 0.25) is 0 Å². The van der Waals surface area contributed by atoms with E-state index in [1.807, 2.05) is 31.2 Å². The first-order valence-electron chi connectivity index (χ1n) is 8.65. The second-order valence-corrected chi connectivity index (χ2v) is 6.62. The summed E-state index contributed by atoms with van der Waals surface area (Å²) in [5.74, 6) is 0.750. The lowest BCUT2D eigenvalue weighted by molar-refractivity contribution is -0.125. The van der Waals surface area contributed by atoms with Crippen molar-refractivity contribution in [2.24, 2.45) is 5.92 Å². The van der Waals surface area contributed by atoms with Crippen molar-refractivity contribution in [1.29, 1.82) is 0 Å². The van der Waals surface area contributed by atoms with Crippen LogP contribution in [-0.2, 0) is 9.59 Å². The largest absolute Gasteiger partial charge is 0.484 e. The topological polar surface area (TPSA) is 79.5 Å². The molecule has 2 atom stereocenters. The molecule has 2 amide bonds. The van der Waals surface area contributed by atoms with E-state index in [-0.39, 0.29) is 42.8 Å². The number of benzene rings is 1. The van der Waals surface area contributed by atoms with Crippen LogP contribution in [0.5, 0.6) is 5.75 Å². The zero-order valence-electron chi connectivity index (χ0n) is 14.4. The lowest BCUT2D eigenvalue weighted by atomic mass is 10.1. The zero-order chi connectivity index (χ0) is 16.9. The van der Waals surface area contributed by atoms with Crippen molar-refractivity contribution in [3.63, 3.8) is 0 Å². The minimum Gasteiger partial charge on any atom is -0.484 e. The lowest BCUT2D eigenvalue weighted by Crippen LogP contribution is -2.33. The first kappa shape index (κ1) is 19.5. The number of nitrogens with one attached hydrogen (secondary N) is 3. The van der Waals surface area contributed by atoms with Crippen molar-refractivity contribution >= 4 is 24.2 Å². The third-order valence-corrected chi connectivity index (χ3v) is 4.48. The van der Waals surface area contributed by atoms with Crippen LogP contribution in [0.25, 0.3) is 0 Å². The Labute approximate surface area is 154 Å². The third kappa shape index (κ3) is 5.90. The highest BCUT2D eigenvalue weighted by Crippen LogP contribution is 2.20. The Morgan fingerprint density at radius 3 is 2.56 bits per heavy atom. The van der Waals surface area contributed by atoms with Gasteiger partial charge >= 0.3 is 0 Å². The maximum atomic E-state index is 12.1. The number of carbonyl (C=O) groups is 2. The Bertz CT molecular complexity index is 584. The molecule has 1 aromatic rings. The number of ether oxygens (including phenoxy) is 1. The summed E-state index contributed by atoms with van der Waals surface area (Å²) in [5.41, 5.74) is 1.02. The minimum absolute atomic E-state index is 0. The summed E-state index contributed by atoms with van der Waals surface area (Å²) in [6.07, 6.45) is 3.04. The van der Waals surface area contributed by atoms with Gasteiger partial charge in [0.25, 0.3) is 5.91 Å². The summed E-state index contributed by atoms with van der Waals surface area (Å²) in [5, 5.41) is 9.14. The van der Waals surface area contributed by atoms with Crippen molar-refractivity contribution in [2.75, 3.05) is 19.7 Å². The molecule has 1 aliphatic carbocycles. The fourth-order valence-corrected chi connectivity index (χ4v) is 2.79. The van der Waals surface area contributed by atoms with Crippen molar-refractivity contribution in [3.05, 3.63) is 29.8 Å². The molecular weight excluding hydrogens is 342 g/mol. The monoisotopic (exact) mass is 367 g/mol. The fraction of sp³-hybridized carbons (Fsp3) is 0.556. The molecule has 2 aliphatic rings. The highest BCUT2D eigenvalue weighted by atomic mass is 35.5. The van der Waals surface area contributed by atoms with E-state index < -0.39 is 0 Å². The molecule has 2 unspecified atom stereocenters. The number of hydrogen-bond acceptors (Lipinski definition) is 4. The van der Waals surface area contributed by atoms with Crippen molar-refractivity contribution in [1.82, 2.24) is 16.0 Å². The lowest BCUT2D eigenvalue weighted by Gasteiger charge is -2.17. The summed E-state index contributed by atoms with van der Waals surface area (Å²) in [4.78, 5) is 23.7. The second-order valence-electron chi connectivity index (χ2n) is 6.62. The van der Waals surface area contributed by atoms with Crippen molar-refractivity contribution in [2.45, 2.75) is 38.3 Å². The molecule has 3 rings (SSSR count). The van der Waals surface area contributed by atoms with Crippen LogP contribution >= 0.6 is 12.4 Å². The zero-order valence-corrected chi connectivity index (χ0v) is 15.2. The highest BCUT2D eigenvalue weighted by Gasteiger charge is 2.24. The molecule has 3 N–H and O–H groups in total. The number of amides is 2. The van der Waals surface area contributed by atoms with Gasteiger partial charge in [0, 0.05) is 12.6 Å². The van der Waals surface area contributed by atoms with Gasteiger partial charge in [-0.25, -0.2) is 0 Å². The van der Waals surface area contributed by atoms with E-state index >= 15 is 0 Å². The quantitative estimate of drug-likeness (QED) is 0.683. The van der Waals surface area contributed by atoms with Gasteiger partial charge in [-0.05, 0) is 50.4 Å². The van der Waals surface area contributed by atoms with E-state index in [0.717, 1.165) is 37.9 Å². The second kappa shape index (κ2) is 9.06. The molecule has 138 valence electrons. The molecule has 1 aliphatic heterocycles. The molecule has 6 nitrogen and oxygen atoms in total. The molecule has 0 bridgehead atoms. The van der Waals surface area contributed by atoms with Gasteiger partial charge in [0.15, 0.2) is 6.61 Å². The number of rotatable bonds is 7. The number of carbonyl (C=O) groups excluding carboxylic acids is 2. The molecule has 25 heavy (non-hydrogen) atoms. The molecule has 2 fully saturated rings. The van der Waals surface area contributed by atoms with Gasteiger partial charge in [-0.1, -0.05) is 12.1 Å². The van der Waals surface area contributed by atoms with Gasteiger partial charge in [-0.15, -0.1) is 12.4 Å². The molecule has 0 spiro atoms. The summed E-state index contributed by atoms with van der Waals surface area (Å²) in [6, 6.07) is 7.81. The van der Waals surface area contributed by atoms with Gasteiger partial charge < -0.3 is 20.7 Å². The van der Waals surface area contributed by atoms with Crippen LogP contribution in [-0.4, -0.2) is 37.6 Å². The SMILES string of the molecule is CC(NC(=O)C1CCNC1)c1ccc(OCC(=O)NC2CC2)cc1.Cl. The third-order valence-electron chi connectivity index (χ3n) is 4.48. The van der Waals surface area contributed by atoms with Gasteiger partial charge in [-0.3, -0.25) is 9.59 Å². The van der Waals surface area contributed by atoms with E-state index in [2.05, 4.69) is 16.0 Å². The van der Waals surface area contributed by atoms with Crippen LogP contribution in [0, 0.1) is 5.92 Å². The maximum Gasteiger partial charge on any atom is 0.258 e. The molecule has 1 saturated carbocycles. The average molecular weight is 368 g/mol. The molecule has 1 aromatic carbocycles. The first-order valence-corrected chi connectivity index (χ1v) is 8.65. The molecule has 1 saturated heterocycles. The molecular formula is C18H26ClN3O3. The van der Waals surface area contributed by atoms with Crippen LogP contribution < -0.4 is 20.7 Å². The molecule has 1 heterocycles. The van der Waals surface area contributed by atoms with E-state index in [9.17, 15) is 9.59 Å². The highest BCUT2D eigenvalue weighted by molar-refractivity contribution is 5.85. The number of halogens is 1. The number of hydrogen-bond donors (Lipinski definition) is 3. The standard InChI is InChI=1S/C18H25N3O3.ClH/c1-12(20-18(23)14-8-9-19-10-14)13-2-6-16(7-3-13)24-11-17(22)21-15-4-5-15;/h2-3,6-7,12,14-15,19H,4-5,8-11H2,1H3,(H,20,23)(H,21,22);1H. The van der Waals surface area contributed by atoms with Crippen LogP contribution in [0.3, 0.4) is 0 Å². The molecule has 7 heteroatoms. The fourth-order valence-electron chi connectivity index (χ4n) is 2.79. The maximum absolute atomic E-state index is 12.1. The van der Waals surface area contributed by atoms with E-state index in [1.165, 1.54) is 0 Å². The van der Waals surface area contributed by atoms with E-state index in [4.69, 9.17) is 4.74 Å². The normalized spacial score (nSPS) is 20.3. The summed E-state index contributed by atoms with van der Waals surface area (Å²) in [6.45, 7) is 3.68.